The standard InChI is InChI=1S/C29H28N6O3/c1-18-24(32-17-31-18)15-23-22-12-11-20(14-25(22)33-27(23)36)10-7-13-30-28(37)26-19(2)34(3)35(29(26)38)16-21-8-5-4-6-9-21/h4-12,14-15,17H,13,16H2,1-3H3,(H,30,37)(H,31,32)(H,33,36)/b10-7+,23-15-. The van der Waals surface area contributed by atoms with Gasteiger partial charge in [0.25, 0.3) is 17.4 Å². The fourth-order valence-electron chi connectivity index (χ4n) is 4.52. The summed E-state index contributed by atoms with van der Waals surface area (Å²) in [6, 6.07) is 15.3. The van der Waals surface area contributed by atoms with E-state index in [4.69, 9.17) is 0 Å². The van der Waals surface area contributed by atoms with Crippen LogP contribution in [0.3, 0.4) is 0 Å². The van der Waals surface area contributed by atoms with Gasteiger partial charge in [0.15, 0.2) is 0 Å². The Balaban J connectivity index is 1.25. The molecule has 4 aromatic rings. The number of benzene rings is 2. The van der Waals surface area contributed by atoms with E-state index in [9.17, 15) is 14.4 Å². The summed E-state index contributed by atoms with van der Waals surface area (Å²) in [6.45, 7) is 4.28. The number of aromatic nitrogens is 4. The van der Waals surface area contributed by atoms with E-state index in [0.717, 1.165) is 33.8 Å². The zero-order valence-corrected chi connectivity index (χ0v) is 21.4. The summed E-state index contributed by atoms with van der Waals surface area (Å²) >= 11 is 0. The summed E-state index contributed by atoms with van der Waals surface area (Å²) in [7, 11) is 1.78. The second-order valence-corrected chi connectivity index (χ2v) is 9.16. The van der Waals surface area contributed by atoms with Gasteiger partial charge in [0.1, 0.15) is 5.56 Å². The van der Waals surface area contributed by atoms with Crippen LogP contribution in [0, 0.1) is 13.8 Å². The molecule has 2 aromatic heterocycles. The number of aromatic amines is 1. The average molecular weight is 509 g/mol. The van der Waals surface area contributed by atoms with Crippen LogP contribution in [0.25, 0.3) is 17.7 Å². The van der Waals surface area contributed by atoms with Crippen molar-refractivity contribution in [2.75, 3.05) is 11.9 Å². The summed E-state index contributed by atoms with van der Waals surface area (Å²) in [5.41, 5.74) is 6.02. The summed E-state index contributed by atoms with van der Waals surface area (Å²) in [5, 5.41) is 5.71. The highest BCUT2D eigenvalue weighted by atomic mass is 16.2. The Kier molecular flexibility index (Phi) is 6.66. The normalized spacial score (nSPS) is 13.8. The summed E-state index contributed by atoms with van der Waals surface area (Å²) in [4.78, 5) is 45.6. The van der Waals surface area contributed by atoms with Crippen LogP contribution in [0.1, 0.15) is 44.1 Å². The predicted molar refractivity (Wildman–Crippen MR) is 148 cm³/mol. The number of nitrogens with one attached hydrogen (secondary N) is 3. The minimum atomic E-state index is -0.412. The molecule has 0 atom stereocenters. The monoisotopic (exact) mass is 508 g/mol. The minimum absolute atomic E-state index is 0.142. The molecule has 2 amide bonds. The number of imidazole rings is 1. The topological polar surface area (TPSA) is 114 Å². The maximum atomic E-state index is 13.0. The first-order valence-electron chi connectivity index (χ1n) is 12.3. The van der Waals surface area contributed by atoms with E-state index < -0.39 is 5.91 Å². The van der Waals surface area contributed by atoms with E-state index in [2.05, 4.69) is 20.6 Å². The number of nitrogens with zero attached hydrogens (tertiary/aromatic N) is 3. The molecule has 0 bridgehead atoms. The van der Waals surface area contributed by atoms with Crippen LogP contribution in [-0.4, -0.2) is 37.7 Å². The molecule has 0 radical (unpaired) electrons. The predicted octanol–water partition coefficient (Wildman–Crippen LogP) is 3.51. The van der Waals surface area contributed by atoms with Gasteiger partial charge < -0.3 is 15.6 Å². The smallest absolute Gasteiger partial charge is 0.280 e. The van der Waals surface area contributed by atoms with Crippen molar-refractivity contribution < 1.29 is 9.59 Å². The van der Waals surface area contributed by atoms with Crippen molar-refractivity contribution in [2.45, 2.75) is 20.4 Å². The summed E-state index contributed by atoms with van der Waals surface area (Å²) in [6.07, 6.45) is 7.07. The SMILES string of the molecule is Cc1nc[nH]c1/C=C1\C(=O)Nc2cc(/C=C/CNC(=O)c3c(C)n(C)n(Cc4ccccc4)c3=O)ccc21. The van der Waals surface area contributed by atoms with Gasteiger partial charge in [-0.1, -0.05) is 54.6 Å². The van der Waals surface area contributed by atoms with Crippen molar-refractivity contribution in [2.24, 2.45) is 7.05 Å². The number of anilines is 1. The van der Waals surface area contributed by atoms with Gasteiger partial charge in [-0.05, 0) is 37.1 Å². The Morgan fingerprint density at radius 3 is 2.63 bits per heavy atom. The molecule has 38 heavy (non-hydrogen) atoms. The molecule has 1 aliphatic rings. The van der Waals surface area contributed by atoms with Crippen LogP contribution in [0.15, 0.2) is 65.7 Å². The average Bonchev–Trinajstić information content (AvgIpc) is 3.52. The second-order valence-electron chi connectivity index (χ2n) is 9.16. The molecule has 5 rings (SSSR count). The fraction of sp³-hybridized carbons (Fsp3) is 0.172. The number of amides is 2. The molecule has 0 saturated heterocycles. The number of carbonyl (C=O) groups is 2. The largest absolute Gasteiger partial charge is 0.348 e. The maximum Gasteiger partial charge on any atom is 0.280 e. The number of rotatable bonds is 7. The number of H-pyrrole nitrogens is 1. The van der Waals surface area contributed by atoms with Crippen LogP contribution >= 0.6 is 0 Å². The lowest BCUT2D eigenvalue weighted by molar-refractivity contribution is -0.110. The van der Waals surface area contributed by atoms with Crippen LogP contribution in [0.2, 0.25) is 0 Å². The molecule has 9 heteroatoms. The highest BCUT2D eigenvalue weighted by Gasteiger charge is 2.24. The summed E-state index contributed by atoms with van der Waals surface area (Å²) < 4.78 is 3.28. The van der Waals surface area contributed by atoms with Crippen molar-refractivity contribution >= 4 is 35.2 Å². The molecule has 9 nitrogen and oxygen atoms in total. The van der Waals surface area contributed by atoms with Crippen molar-refractivity contribution in [3.05, 3.63) is 111 Å². The Morgan fingerprint density at radius 2 is 1.89 bits per heavy atom. The molecule has 0 fully saturated rings. The molecule has 3 heterocycles. The van der Waals surface area contributed by atoms with E-state index in [0.29, 0.717) is 17.8 Å². The number of hydrogen-bond acceptors (Lipinski definition) is 4. The Labute approximate surface area is 219 Å². The molecule has 0 saturated carbocycles. The van der Waals surface area contributed by atoms with Gasteiger partial charge >= 0.3 is 0 Å². The molecule has 0 aliphatic carbocycles. The minimum Gasteiger partial charge on any atom is -0.348 e. The first-order chi connectivity index (χ1) is 18.3. The van der Waals surface area contributed by atoms with Crippen molar-refractivity contribution in [1.82, 2.24) is 24.6 Å². The lowest BCUT2D eigenvalue weighted by atomic mass is 10.0. The van der Waals surface area contributed by atoms with Gasteiger partial charge in [-0.2, -0.15) is 0 Å². The molecule has 2 aromatic carbocycles. The maximum absolute atomic E-state index is 13.0. The molecular weight excluding hydrogens is 480 g/mol. The second kappa shape index (κ2) is 10.2. The third-order valence-corrected chi connectivity index (χ3v) is 6.73. The highest BCUT2D eigenvalue weighted by molar-refractivity contribution is 6.34. The zero-order chi connectivity index (χ0) is 26.8. The van der Waals surface area contributed by atoms with Crippen LogP contribution in [0.4, 0.5) is 5.69 Å². The van der Waals surface area contributed by atoms with Crippen LogP contribution in [0.5, 0.6) is 0 Å². The van der Waals surface area contributed by atoms with Crippen LogP contribution < -0.4 is 16.2 Å². The van der Waals surface area contributed by atoms with E-state index in [1.165, 1.54) is 0 Å². The first kappa shape index (κ1) is 24.8. The number of aryl methyl sites for hydroxylation is 1. The summed E-state index contributed by atoms with van der Waals surface area (Å²) in [5.74, 6) is -0.580. The Bertz CT molecular complexity index is 1650. The third kappa shape index (κ3) is 4.73. The Morgan fingerprint density at radius 1 is 1.11 bits per heavy atom. The van der Waals surface area contributed by atoms with Gasteiger partial charge in [0.2, 0.25) is 0 Å². The van der Waals surface area contributed by atoms with E-state index in [-0.39, 0.29) is 23.6 Å². The number of hydrogen-bond donors (Lipinski definition) is 3. The molecule has 192 valence electrons. The van der Waals surface area contributed by atoms with Gasteiger partial charge in [0.05, 0.1) is 29.8 Å². The van der Waals surface area contributed by atoms with E-state index >= 15 is 0 Å². The molecular formula is C29H28N6O3. The lowest BCUT2D eigenvalue weighted by Gasteiger charge is -2.08. The Hall–Kier alpha value is -4.92. The quantitative estimate of drug-likeness (QED) is 0.332. The van der Waals surface area contributed by atoms with Gasteiger partial charge in [-0.3, -0.25) is 19.1 Å². The van der Waals surface area contributed by atoms with E-state index in [1.807, 2.05) is 67.6 Å². The fourth-order valence-corrected chi connectivity index (χ4v) is 4.52. The van der Waals surface area contributed by atoms with Gasteiger partial charge in [-0.15, -0.1) is 0 Å². The number of carbonyl (C=O) groups excluding carboxylic acids is 2. The molecule has 0 spiro atoms. The van der Waals surface area contributed by atoms with Crippen molar-refractivity contribution in [3.8, 4) is 0 Å². The zero-order valence-electron chi connectivity index (χ0n) is 21.4. The first-order valence-corrected chi connectivity index (χ1v) is 12.3. The van der Waals surface area contributed by atoms with Crippen molar-refractivity contribution in [1.29, 1.82) is 0 Å². The van der Waals surface area contributed by atoms with Crippen LogP contribution in [-0.2, 0) is 18.4 Å². The molecule has 1 aliphatic heterocycles. The third-order valence-electron chi connectivity index (χ3n) is 6.73. The van der Waals surface area contributed by atoms with Gasteiger partial charge in [-0.25, -0.2) is 9.67 Å². The molecule has 3 N–H and O–H groups in total. The highest BCUT2D eigenvalue weighted by Crippen LogP contribution is 2.34. The number of fused-ring (bicyclic) bond motifs is 1. The molecule has 0 unspecified atom stereocenters. The van der Waals surface area contributed by atoms with E-state index in [1.54, 1.807) is 35.7 Å². The van der Waals surface area contributed by atoms with Gasteiger partial charge in [0, 0.05) is 30.5 Å². The van der Waals surface area contributed by atoms with Crippen molar-refractivity contribution in [3.63, 3.8) is 0 Å². The lowest BCUT2D eigenvalue weighted by Crippen LogP contribution is -2.30.